The summed E-state index contributed by atoms with van der Waals surface area (Å²) in [4.78, 5) is 0. The molecule has 2 rings (SSSR count). The fourth-order valence-corrected chi connectivity index (χ4v) is 2.64. The van der Waals surface area contributed by atoms with Gasteiger partial charge in [-0.25, -0.2) is 0 Å². The quantitative estimate of drug-likeness (QED) is 0.922. The van der Waals surface area contributed by atoms with Gasteiger partial charge in [-0.05, 0) is 48.9 Å². The zero-order valence-electron chi connectivity index (χ0n) is 9.85. The molecule has 1 saturated carbocycles. The molecule has 0 spiro atoms. The number of benzene rings is 1. The summed E-state index contributed by atoms with van der Waals surface area (Å²) in [5.41, 5.74) is 8.68. The number of ether oxygens (including phenoxy) is 1. The third-order valence-electron chi connectivity index (χ3n) is 3.23. The molecule has 0 saturated heterocycles. The Labute approximate surface area is 105 Å². The van der Waals surface area contributed by atoms with Crippen molar-refractivity contribution in [1.82, 2.24) is 0 Å². The van der Waals surface area contributed by atoms with Crippen LogP contribution >= 0.6 is 15.9 Å². The molecule has 3 heteroatoms. The van der Waals surface area contributed by atoms with Gasteiger partial charge >= 0.3 is 0 Å². The predicted octanol–water partition coefficient (Wildman–Crippen LogP) is 3.05. The average molecular weight is 284 g/mol. The highest BCUT2D eigenvalue weighted by atomic mass is 79.9. The summed E-state index contributed by atoms with van der Waals surface area (Å²) in [5.74, 6) is 1.02. The van der Waals surface area contributed by atoms with Crippen molar-refractivity contribution in [2.75, 3.05) is 7.11 Å². The first-order valence-electron chi connectivity index (χ1n) is 5.72. The lowest BCUT2D eigenvalue weighted by Gasteiger charge is -2.16. The second kappa shape index (κ2) is 4.38. The second-order valence-corrected chi connectivity index (χ2v) is 5.57. The first-order chi connectivity index (χ1) is 7.58. The van der Waals surface area contributed by atoms with E-state index in [2.05, 4.69) is 35.0 Å². The SMILES string of the molecule is CCc1cc(Br)cc(CC2(N)CC2)c1OC. The van der Waals surface area contributed by atoms with E-state index in [9.17, 15) is 0 Å². The summed E-state index contributed by atoms with van der Waals surface area (Å²) in [6, 6.07) is 4.25. The molecular weight excluding hydrogens is 266 g/mol. The van der Waals surface area contributed by atoms with E-state index in [1.165, 1.54) is 11.1 Å². The molecule has 0 bridgehead atoms. The monoisotopic (exact) mass is 283 g/mol. The number of halogens is 1. The minimum Gasteiger partial charge on any atom is -0.496 e. The molecule has 0 atom stereocenters. The van der Waals surface area contributed by atoms with Crippen LogP contribution in [0.5, 0.6) is 5.75 Å². The molecule has 88 valence electrons. The Morgan fingerprint density at radius 3 is 2.50 bits per heavy atom. The van der Waals surface area contributed by atoms with Crippen molar-refractivity contribution in [2.45, 2.75) is 38.1 Å². The van der Waals surface area contributed by atoms with Gasteiger partial charge in [-0.1, -0.05) is 22.9 Å². The number of methoxy groups -OCH3 is 1. The van der Waals surface area contributed by atoms with Crippen LogP contribution < -0.4 is 10.5 Å². The van der Waals surface area contributed by atoms with E-state index < -0.39 is 0 Å². The molecular formula is C13H18BrNO. The molecule has 0 heterocycles. The van der Waals surface area contributed by atoms with Crippen LogP contribution in [0, 0.1) is 0 Å². The second-order valence-electron chi connectivity index (χ2n) is 4.65. The number of hydrogen-bond donors (Lipinski definition) is 1. The third-order valence-corrected chi connectivity index (χ3v) is 3.69. The van der Waals surface area contributed by atoms with Gasteiger partial charge in [0.15, 0.2) is 0 Å². The Morgan fingerprint density at radius 2 is 2.00 bits per heavy atom. The van der Waals surface area contributed by atoms with E-state index in [4.69, 9.17) is 10.5 Å². The Kier molecular flexibility index (Phi) is 3.27. The Balaban J connectivity index is 2.37. The summed E-state index contributed by atoms with van der Waals surface area (Å²) in [6.07, 6.45) is 4.16. The molecule has 1 aliphatic rings. The van der Waals surface area contributed by atoms with Crippen molar-refractivity contribution in [3.8, 4) is 5.75 Å². The van der Waals surface area contributed by atoms with Crippen LogP contribution in [-0.4, -0.2) is 12.6 Å². The van der Waals surface area contributed by atoms with E-state index in [1.807, 2.05) is 0 Å². The molecule has 16 heavy (non-hydrogen) atoms. The van der Waals surface area contributed by atoms with Crippen molar-refractivity contribution >= 4 is 15.9 Å². The van der Waals surface area contributed by atoms with E-state index in [1.54, 1.807) is 7.11 Å². The number of nitrogens with two attached hydrogens (primary N) is 1. The van der Waals surface area contributed by atoms with Gasteiger partial charge in [-0.15, -0.1) is 0 Å². The van der Waals surface area contributed by atoms with Gasteiger partial charge in [0.1, 0.15) is 5.75 Å². The van der Waals surface area contributed by atoms with Crippen molar-refractivity contribution < 1.29 is 4.74 Å². The molecule has 2 N–H and O–H groups in total. The Bertz CT molecular complexity index is 399. The normalized spacial score (nSPS) is 17.2. The van der Waals surface area contributed by atoms with E-state index >= 15 is 0 Å². The highest BCUT2D eigenvalue weighted by molar-refractivity contribution is 9.10. The maximum atomic E-state index is 6.17. The Hall–Kier alpha value is -0.540. The van der Waals surface area contributed by atoms with Gasteiger partial charge in [0.2, 0.25) is 0 Å². The van der Waals surface area contributed by atoms with Crippen LogP contribution in [0.2, 0.25) is 0 Å². The molecule has 0 aromatic heterocycles. The van der Waals surface area contributed by atoms with Gasteiger partial charge in [-0.2, -0.15) is 0 Å². The molecule has 0 aliphatic heterocycles. The minimum absolute atomic E-state index is 0.0269. The van der Waals surface area contributed by atoms with Crippen molar-refractivity contribution in [2.24, 2.45) is 5.73 Å². The summed E-state index contributed by atoms with van der Waals surface area (Å²) in [6.45, 7) is 2.14. The summed E-state index contributed by atoms with van der Waals surface area (Å²) in [7, 11) is 1.74. The first-order valence-corrected chi connectivity index (χ1v) is 6.51. The van der Waals surface area contributed by atoms with E-state index in [0.717, 1.165) is 35.9 Å². The highest BCUT2D eigenvalue weighted by Crippen LogP contribution is 2.39. The average Bonchev–Trinajstić information content (AvgIpc) is 2.95. The third kappa shape index (κ3) is 2.41. The highest BCUT2D eigenvalue weighted by Gasteiger charge is 2.38. The number of hydrogen-bond acceptors (Lipinski definition) is 2. The van der Waals surface area contributed by atoms with Gasteiger partial charge in [0.05, 0.1) is 7.11 Å². The topological polar surface area (TPSA) is 35.2 Å². The predicted molar refractivity (Wildman–Crippen MR) is 69.9 cm³/mol. The van der Waals surface area contributed by atoms with Crippen LogP contribution in [0.15, 0.2) is 16.6 Å². The summed E-state index contributed by atoms with van der Waals surface area (Å²) < 4.78 is 6.63. The molecule has 1 aromatic carbocycles. The zero-order chi connectivity index (χ0) is 11.8. The Morgan fingerprint density at radius 1 is 1.38 bits per heavy atom. The maximum absolute atomic E-state index is 6.17. The van der Waals surface area contributed by atoms with E-state index in [-0.39, 0.29) is 5.54 Å². The molecule has 1 aliphatic carbocycles. The fraction of sp³-hybridized carbons (Fsp3) is 0.538. The molecule has 0 radical (unpaired) electrons. The van der Waals surface area contributed by atoms with Crippen LogP contribution in [0.1, 0.15) is 30.9 Å². The zero-order valence-corrected chi connectivity index (χ0v) is 11.4. The smallest absolute Gasteiger partial charge is 0.125 e. The van der Waals surface area contributed by atoms with Gasteiger partial charge < -0.3 is 10.5 Å². The van der Waals surface area contributed by atoms with Gasteiger partial charge in [0, 0.05) is 10.0 Å². The van der Waals surface area contributed by atoms with Crippen LogP contribution in [0.25, 0.3) is 0 Å². The molecule has 0 amide bonds. The van der Waals surface area contributed by atoms with Gasteiger partial charge in [0.25, 0.3) is 0 Å². The lowest BCUT2D eigenvalue weighted by Crippen LogP contribution is -2.24. The summed E-state index contributed by atoms with van der Waals surface area (Å²) in [5, 5.41) is 0. The number of aryl methyl sites for hydroxylation is 1. The van der Waals surface area contributed by atoms with Crippen molar-refractivity contribution in [1.29, 1.82) is 0 Å². The minimum atomic E-state index is 0.0269. The lowest BCUT2D eigenvalue weighted by atomic mass is 10.00. The van der Waals surface area contributed by atoms with E-state index in [0.29, 0.717) is 0 Å². The number of rotatable bonds is 4. The fourth-order valence-electron chi connectivity index (χ4n) is 2.08. The van der Waals surface area contributed by atoms with Gasteiger partial charge in [-0.3, -0.25) is 0 Å². The first kappa shape index (κ1) is 11.9. The van der Waals surface area contributed by atoms with Crippen molar-refractivity contribution in [3.05, 3.63) is 27.7 Å². The molecule has 2 nitrogen and oxygen atoms in total. The maximum Gasteiger partial charge on any atom is 0.125 e. The molecule has 1 aromatic rings. The van der Waals surface area contributed by atoms with Crippen LogP contribution in [-0.2, 0) is 12.8 Å². The lowest BCUT2D eigenvalue weighted by molar-refractivity contribution is 0.402. The summed E-state index contributed by atoms with van der Waals surface area (Å²) >= 11 is 3.55. The van der Waals surface area contributed by atoms with Crippen molar-refractivity contribution in [3.63, 3.8) is 0 Å². The van der Waals surface area contributed by atoms with Crippen LogP contribution in [0.4, 0.5) is 0 Å². The molecule has 0 unspecified atom stereocenters. The molecule has 1 fully saturated rings. The van der Waals surface area contributed by atoms with Crippen LogP contribution in [0.3, 0.4) is 0 Å². The standard InChI is InChI=1S/C13H18BrNO/c1-3-9-6-11(14)7-10(12(9)16-2)8-13(15)4-5-13/h6-7H,3-5,8,15H2,1-2H3. The largest absolute Gasteiger partial charge is 0.496 e.